The molecule has 1 N–H and O–H groups in total. The third kappa shape index (κ3) is 3.33. The Labute approximate surface area is 128 Å². The van der Waals surface area contributed by atoms with Gasteiger partial charge in [0.25, 0.3) is 5.91 Å². The Morgan fingerprint density at radius 3 is 2.77 bits per heavy atom. The second-order valence-corrected chi connectivity index (χ2v) is 7.59. The molecule has 1 unspecified atom stereocenters. The van der Waals surface area contributed by atoms with Crippen molar-refractivity contribution in [1.29, 1.82) is 0 Å². The third-order valence-electron chi connectivity index (χ3n) is 3.62. The number of hydrogen-bond acceptors (Lipinski definition) is 5. The number of nitrogens with one attached hydrogen (secondary N) is 1. The van der Waals surface area contributed by atoms with Crippen LogP contribution in [0.5, 0.6) is 0 Å². The summed E-state index contributed by atoms with van der Waals surface area (Å²) in [6, 6.07) is 9.36. The number of aromatic nitrogens is 3. The molecule has 1 saturated heterocycles. The Morgan fingerprint density at radius 1 is 1.32 bits per heavy atom. The summed E-state index contributed by atoms with van der Waals surface area (Å²) in [4.78, 5) is 12.0. The fourth-order valence-corrected chi connectivity index (χ4v) is 4.30. The molecule has 2 heterocycles. The van der Waals surface area contributed by atoms with Crippen LogP contribution >= 0.6 is 0 Å². The summed E-state index contributed by atoms with van der Waals surface area (Å²) in [5.41, 5.74) is 1.03. The van der Waals surface area contributed by atoms with Gasteiger partial charge in [-0.15, -0.1) is 5.10 Å². The van der Waals surface area contributed by atoms with E-state index in [-0.39, 0.29) is 29.0 Å². The van der Waals surface area contributed by atoms with E-state index < -0.39 is 9.84 Å². The maximum absolute atomic E-state index is 12.0. The second-order valence-electron chi connectivity index (χ2n) is 5.36. The first-order valence-electron chi connectivity index (χ1n) is 7.00. The van der Waals surface area contributed by atoms with Gasteiger partial charge in [-0.25, -0.2) is 13.1 Å². The summed E-state index contributed by atoms with van der Waals surface area (Å²) in [5.74, 6) is -0.00793. The Bertz CT molecular complexity index is 770. The largest absolute Gasteiger partial charge is 0.350 e. The quantitative estimate of drug-likeness (QED) is 0.882. The fourth-order valence-electron chi connectivity index (χ4n) is 2.44. The highest BCUT2D eigenvalue weighted by Crippen LogP contribution is 2.17. The van der Waals surface area contributed by atoms with Crippen molar-refractivity contribution in [3.63, 3.8) is 0 Å². The molecule has 1 amide bonds. The van der Waals surface area contributed by atoms with Crippen molar-refractivity contribution in [3.8, 4) is 5.69 Å². The maximum Gasteiger partial charge on any atom is 0.273 e. The van der Waals surface area contributed by atoms with Crippen LogP contribution in [0, 0.1) is 5.92 Å². The number of carbonyl (C=O) groups excluding carboxylic acids is 1. The predicted octanol–water partition coefficient (Wildman–Crippen LogP) is 0.432. The van der Waals surface area contributed by atoms with E-state index in [0.29, 0.717) is 13.0 Å². The van der Waals surface area contributed by atoms with Crippen LogP contribution in [0.2, 0.25) is 0 Å². The molecule has 0 bridgehead atoms. The summed E-state index contributed by atoms with van der Waals surface area (Å²) < 4.78 is 24.3. The number of para-hydroxylation sites is 1. The van der Waals surface area contributed by atoms with Gasteiger partial charge in [-0.05, 0) is 24.5 Å². The van der Waals surface area contributed by atoms with Gasteiger partial charge in [-0.2, -0.15) is 0 Å². The number of benzene rings is 1. The van der Waals surface area contributed by atoms with Gasteiger partial charge in [-0.1, -0.05) is 23.4 Å². The van der Waals surface area contributed by atoms with Gasteiger partial charge in [0.1, 0.15) is 0 Å². The molecule has 1 aromatic heterocycles. The van der Waals surface area contributed by atoms with E-state index in [0.717, 1.165) is 5.69 Å². The van der Waals surface area contributed by atoms with Crippen LogP contribution in [0.4, 0.5) is 0 Å². The molecule has 1 aromatic carbocycles. The van der Waals surface area contributed by atoms with E-state index in [1.54, 1.807) is 6.20 Å². The lowest BCUT2D eigenvalue weighted by Gasteiger charge is -2.07. The number of nitrogens with zero attached hydrogens (tertiary/aromatic N) is 3. The van der Waals surface area contributed by atoms with Crippen molar-refractivity contribution >= 4 is 15.7 Å². The van der Waals surface area contributed by atoms with Crippen molar-refractivity contribution in [3.05, 3.63) is 42.2 Å². The first-order valence-corrected chi connectivity index (χ1v) is 8.82. The lowest BCUT2D eigenvalue weighted by molar-refractivity contribution is 0.0943. The van der Waals surface area contributed by atoms with E-state index in [1.165, 1.54) is 4.68 Å². The van der Waals surface area contributed by atoms with Crippen molar-refractivity contribution in [1.82, 2.24) is 20.3 Å². The Kier molecular flexibility index (Phi) is 3.93. The minimum atomic E-state index is -2.92. The normalized spacial score (nSPS) is 19.9. The van der Waals surface area contributed by atoms with Crippen molar-refractivity contribution < 1.29 is 13.2 Å². The zero-order valence-corrected chi connectivity index (χ0v) is 12.7. The van der Waals surface area contributed by atoms with Gasteiger partial charge >= 0.3 is 0 Å². The second kappa shape index (κ2) is 5.88. The topological polar surface area (TPSA) is 94.0 Å². The van der Waals surface area contributed by atoms with E-state index in [2.05, 4.69) is 15.6 Å². The van der Waals surface area contributed by atoms with E-state index in [4.69, 9.17) is 0 Å². The molecule has 8 heteroatoms. The number of sulfone groups is 1. The summed E-state index contributed by atoms with van der Waals surface area (Å²) in [5, 5.41) is 10.5. The van der Waals surface area contributed by atoms with E-state index in [1.807, 2.05) is 30.3 Å². The molecular weight excluding hydrogens is 304 g/mol. The molecule has 0 radical (unpaired) electrons. The SMILES string of the molecule is O=C(NCC1CCS(=O)(=O)C1)c1cn(-c2ccccc2)nn1. The molecule has 116 valence electrons. The highest BCUT2D eigenvalue weighted by molar-refractivity contribution is 7.91. The third-order valence-corrected chi connectivity index (χ3v) is 5.46. The van der Waals surface area contributed by atoms with Crippen molar-refractivity contribution in [2.75, 3.05) is 18.1 Å². The van der Waals surface area contributed by atoms with Gasteiger partial charge in [0, 0.05) is 6.54 Å². The smallest absolute Gasteiger partial charge is 0.273 e. The molecule has 1 aliphatic heterocycles. The van der Waals surface area contributed by atoms with Crippen LogP contribution in [-0.2, 0) is 9.84 Å². The number of amides is 1. The van der Waals surface area contributed by atoms with Crippen LogP contribution in [0.1, 0.15) is 16.9 Å². The molecule has 22 heavy (non-hydrogen) atoms. The average Bonchev–Trinajstić information content (AvgIpc) is 3.12. The van der Waals surface area contributed by atoms with Gasteiger partial charge < -0.3 is 5.32 Å². The molecule has 1 atom stereocenters. The Balaban J connectivity index is 1.60. The number of carbonyl (C=O) groups is 1. The highest BCUT2D eigenvalue weighted by Gasteiger charge is 2.28. The lowest BCUT2D eigenvalue weighted by Crippen LogP contribution is -2.30. The predicted molar refractivity (Wildman–Crippen MR) is 80.5 cm³/mol. The van der Waals surface area contributed by atoms with Crippen LogP contribution in [-0.4, -0.2) is 47.4 Å². The zero-order chi connectivity index (χ0) is 15.6. The lowest BCUT2D eigenvalue weighted by atomic mass is 10.1. The summed E-state index contributed by atoms with van der Waals surface area (Å²) in [6.07, 6.45) is 2.15. The average molecular weight is 320 g/mol. The minimum absolute atomic E-state index is 0.0156. The van der Waals surface area contributed by atoms with Crippen LogP contribution in [0.25, 0.3) is 5.69 Å². The molecule has 1 aliphatic rings. The van der Waals surface area contributed by atoms with Crippen LogP contribution < -0.4 is 5.32 Å². The molecule has 0 saturated carbocycles. The van der Waals surface area contributed by atoms with Crippen LogP contribution in [0.3, 0.4) is 0 Å². The minimum Gasteiger partial charge on any atom is -0.350 e. The Hall–Kier alpha value is -2.22. The van der Waals surface area contributed by atoms with E-state index in [9.17, 15) is 13.2 Å². The molecule has 0 spiro atoms. The molecule has 3 rings (SSSR count). The Morgan fingerprint density at radius 2 is 2.09 bits per heavy atom. The van der Waals surface area contributed by atoms with Crippen molar-refractivity contribution in [2.24, 2.45) is 5.92 Å². The molecule has 7 nitrogen and oxygen atoms in total. The summed E-state index contributed by atoms with van der Waals surface area (Å²) in [6.45, 7) is 0.344. The van der Waals surface area contributed by atoms with E-state index >= 15 is 0 Å². The van der Waals surface area contributed by atoms with Crippen LogP contribution in [0.15, 0.2) is 36.5 Å². The monoisotopic (exact) mass is 320 g/mol. The van der Waals surface area contributed by atoms with Crippen molar-refractivity contribution in [2.45, 2.75) is 6.42 Å². The highest BCUT2D eigenvalue weighted by atomic mass is 32.2. The summed E-state index contributed by atoms with van der Waals surface area (Å²) >= 11 is 0. The summed E-state index contributed by atoms with van der Waals surface area (Å²) in [7, 11) is -2.92. The zero-order valence-electron chi connectivity index (χ0n) is 11.8. The fraction of sp³-hybridized carbons (Fsp3) is 0.357. The number of hydrogen-bond donors (Lipinski definition) is 1. The standard InChI is InChI=1S/C14H16N4O3S/c19-14(15-8-11-6-7-22(20,21)10-11)13-9-18(17-16-13)12-4-2-1-3-5-12/h1-5,9,11H,6-8,10H2,(H,15,19). The first kappa shape index (κ1) is 14.7. The first-order chi connectivity index (χ1) is 10.5. The van der Waals surface area contributed by atoms with Gasteiger partial charge in [0.05, 0.1) is 23.4 Å². The van der Waals surface area contributed by atoms with Gasteiger partial charge in [0.15, 0.2) is 15.5 Å². The molecule has 1 fully saturated rings. The maximum atomic E-state index is 12.0. The molecule has 2 aromatic rings. The van der Waals surface area contributed by atoms with Gasteiger partial charge in [-0.3, -0.25) is 4.79 Å². The van der Waals surface area contributed by atoms with Gasteiger partial charge in [0.2, 0.25) is 0 Å². The molecule has 0 aliphatic carbocycles. The number of rotatable bonds is 4. The molecular formula is C14H16N4O3S.